The number of carbonyl (C=O) groups is 5. The molecule has 0 spiro atoms. The highest BCUT2D eigenvalue weighted by Crippen LogP contribution is 2.56. The number of hydrogen-bond acceptors (Lipinski definition) is 11. The van der Waals surface area contributed by atoms with E-state index in [-0.39, 0.29) is 24.0 Å². The first-order chi connectivity index (χ1) is 18.6. The number of aliphatic hydroxyl groups is 2. The smallest absolute Gasteiger partial charge is 0.341 e. The van der Waals surface area contributed by atoms with Gasteiger partial charge in [-0.2, -0.15) is 0 Å². The fourth-order valence-electron chi connectivity index (χ4n) is 6.26. The van der Waals surface area contributed by atoms with Crippen molar-refractivity contribution in [2.75, 3.05) is 0 Å². The molecule has 1 saturated carbocycles. The molecule has 3 rings (SSSR count). The summed E-state index contributed by atoms with van der Waals surface area (Å²) in [6.07, 6.45) is -0.139. The van der Waals surface area contributed by atoms with Gasteiger partial charge in [-0.15, -0.1) is 0 Å². The third-order valence-corrected chi connectivity index (χ3v) is 8.37. The Hall–Kier alpha value is -2.79. The molecule has 1 heterocycles. The predicted molar refractivity (Wildman–Crippen MR) is 139 cm³/mol. The maximum absolute atomic E-state index is 13.5. The van der Waals surface area contributed by atoms with Crippen LogP contribution in [0.2, 0.25) is 0 Å². The first-order valence-corrected chi connectivity index (χ1v) is 14.1. The molecule has 224 valence electrons. The molecule has 0 radical (unpaired) electrons. The Kier molecular flexibility index (Phi) is 9.51. The molecule has 7 atom stereocenters. The number of unbranched alkanes of at least 4 members (excludes halogenated alkanes) is 4. The van der Waals surface area contributed by atoms with Crippen molar-refractivity contribution in [1.82, 2.24) is 0 Å². The number of ether oxygens (including phenoxy) is 4. The molecule has 11 heteroatoms. The van der Waals surface area contributed by atoms with E-state index in [1.807, 2.05) is 0 Å². The van der Waals surface area contributed by atoms with Gasteiger partial charge in [-0.25, -0.2) is 4.79 Å². The van der Waals surface area contributed by atoms with E-state index in [2.05, 4.69) is 6.92 Å². The lowest BCUT2D eigenvalue weighted by Crippen LogP contribution is -2.64. The van der Waals surface area contributed by atoms with Gasteiger partial charge in [-0.05, 0) is 44.8 Å². The van der Waals surface area contributed by atoms with Crippen LogP contribution in [0.4, 0.5) is 0 Å². The van der Waals surface area contributed by atoms with Crippen LogP contribution in [-0.2, 0) is 42.9 Å². The predicted octanol–water partition coefficient (Wildman–Crippen LogP) is 2.62. The summed E-state index contributed by atoms with van der Waals surface area (Å²) in [5.41, 5.74) is -6.67. The molecule has 1 aliphatic heterocycles. The van der Waals surface area contributed by atoms with Crippen molar-refractivity contribution in [2.45, 2.75) is 134 Å². The van der Waals surface area contributed by atoms with E-state index in [0.717, 1.165) is 39.5 Å². The third kappa shape index (κ3) is 5.54. The molecule has 3 aliphatic rings. The number of fused-ring (bicyclic) bond motifs is 3. The summed E-state index contributed by atoms with van der Waals surface area (Å²) >= 11 is 0. The SMILES string of the molecule is CCCCCCCC(=O)O[C@@H]1C(=O)C(C)=C2[C@H]1[C@@](C)(OC(C)=O)C[C@H](OC(=O)CCC)[C@@]1(O)[C@H]2OC(=O)[C@@]1(C)O. The summed E-state index contributed by atoms with van der Waals surface area (Å²) in [6.45, 7) is 8.95. The second-order valence-corrected chi connectivity index (χ2v) is 11.5. The van der Waals surface area contributed by atoms with E-state index >= 15 is 0 Å². The molecular formula is C29H42O11. The van der Waals surface area contributed by atoms with Crippen LogP contribution >= 0.6 is 0 Å². The van der Waals surface area contributed by atoms with Gasteiger partial charge in [0, 0.05) is 26.2 Å². The average molecular weight is 567 g/mol. The fraction of sp³-hybridized carbons (Fsp3) is 0.759. The van der Waals surface area contributed by atoms with E-state index in [1.165, 1.54) is 13.8 Å². The second kappa shape index (κ2) is 12.0. The standard InChI is InChI=1S/C29H42O11/c1-7-9-10-11-12-14-20(32)38-24-22-21(16(3)23(24)33)25-29(36,28(6,35)26(34)39-25)18(37-19(31)13-8-2)15-27(22,5)40-17(4)30/h18,22,24-25,35-36H,7-15H2,1-6H3/t18-,22+,24-,25-,27-,28+,29+/m0/s1. The van der Waals surface area contributed by atoms with Crippen molar-refractivity contribution in [3.8, 4) is 0 Å². The monoisotopic (exact) mass is 566 g/mol. The molecule has 1 saturated heterocycles. The molecule has 0 aromatic heterocycles. The molecule has 0 aromatic rings. The molecule has 40 heavy (non-hydrogen) atoms. The molecule has 0 aromatic carbocycles. The summed E-state index contributed by atoms with van der Waals surface area (Å²) in [5, 5.41) is 23.3. The van der Waals surface area contributed by atoms with Gasteiger partial charge in [0.2, 0.25) is 0 Å². The molecule has 0 amide bonds. The molecule has 2 fully saturated rings. The average Bonchev–Trinajstić information content (AvgIpc) is 3.17. The first-order valence-electron chi connectivity index (χ1n) is 14.1. The minimum absolute atomic E-state index is 0.0133. The number of carbonyl (C=O) groups excluding carboxylic acids is 5. The van der Waals surface area contributed by atoms with Crippen molar-refractivity contribution in [2.24, 2.45) is 5.92 Å². The zero-order valence-corrected chi connectivity index (χ0v) is 24.2. The second-order valence-electron chi connectivity index (χ2n) is 11.5. The zero-order valence-electron chi connectivity index (χ0n) is 24.2. The molecule has 2 aliphatic carbocycles. The Balaban J connectivity index is 2.09. The Morgan fingerprint density at radius 3 is 2.17 bits per heavy atom. The number of rotatable bonds is 11. The van der Waals surface area contributed by atoms with Crippen molar-refractivity contribution >= 4 is 29.7 Å². The van der Waals surface area contributed by atoms with E-state index in [4.69, 9.17) is 18.9 Å². The Bertz CT molecular complexity index is 1080. The van der Waals surface area contributed by atoms with E-state index < -0.39 is 77.1 Å². The van der Waals surface area contributed by atoms with Crippen LogP contribution in [0, 0.1) is 5.92 Å². The van der Waals surface area contributed by atoms with Crippen LogP contribution in [0.1, 0.15) is 99.3 Å². The van der Waals surface area contributed by atoms with Gasteiger partial charge < -0.3 is 29.2 Å². The van der Waals surface area contributed by atoms with E-state index in [9.17, 15) is 34.2 Å². The highest BCUT2D eigenvalue weighted by Gasteiger charge is 2.75. The maximum Gasteiger partial charge on any atom is 0.341 e. The van der Waals surface area contributed by atoms with Crippen LogP contribution in [0.5, 0.6) is 0 Å². The Morgan fingerprint density at radius 2 is 1.57 bits per heavy atom. The summed E-state index contributed by atoms with van der Waals surface area (Å²) in [5.74, 6) is -5.01. The van der Waals surface area contributed by atoms with Crippen LogP contribution < -0.4 is 0 Å². The van der Waals surface area contributed by atoms with Gasteiger partial charge in [-0.1, -0.05) is 39.5 Å². The van der Waals surface area contributed by atoms with Crippen molar-refractivity contribution in [1.29, 1.82) is 0 Å². The van der Waals surface area contributed by atoms with Gasteiger partial charge in [-0.3, -0.25) is 19.2 Å². The Morgan fingerprint density at radius 1 is 0.950 bits per heavy atom. The van der Waals surface area contributed by atoms with Crippen LogP contribution in [-0.4, -0.2) is 75.0 Å². The Labute approximate surface area is 234 Å². The van der Waals surface area contributed by atoms with Crippen LogP contribution in [0.15, 0.2) is 11.1 Å². The van der Waals surface area contributed by atoms with E-state index in [1.54, 1.807) is 6.92 Å². The highest BCUT2D eigenvalue weighted by molar-refractivity contribution is 6.04. The molecule has 0 unspecified atom stereocenters. The van der Waals surface area contributed by atoms with E-state index in [0.29, 0.717) is 12.8 Å². The maximum atomic E-state index is 13.5. The number of esters is 4. The molecule has 2 N–H and O–H groups in total. The molecular weight excluding hydrogens is 524 g/mol. The first kappa shape index (κ1) is 31.7. The normalized spacial score (nSPS) is 35.0. The van der Waals surface area contributed by atoms with Crippen LogP contribution in [0.25, 0.3) is 0 Å². The summed E-state index contributed by atoms with van der Waals surface area (Å²) < 4.78 is 22.6. The van der Waals surface area contributed by atoms with Gasteiger partial charge in [0.1, 0.15) is 11.7 Å². The zero-order chi connectivity index (χ0) is 30.0. The number of Topliss-reactive ketones (excluding diaryl/α,β-unsaturated/α-hetero) is 1. The largest absolute Gasteiger partial charge is 0.459 e. The highest BCUT2D eigenvalue weighted by atomic mass is 16.6. The lowest BCUT2D eigenvalue weighted by molar-refractivity contribution is -0.211. The van der Waals surface area contributed by atoms with Crippen LogP contribution in [0.3, 0.4) is 0 Å². The number of ketones is 1. The van der Waals surface area contributed by atoms with Crippen molar-refractivity contribution in [3.63, 3.8) is 0 Å². The van der Waals surface area contributed by atoms with Gasteiger partial charge in [0.25, 0.3) is 0 Å². The van der Waals surface area contributed by atoms with Gasteiger partial charge >= 0.3 is 23.9 Å². The quantitative estimate of drug-likeness (QED) is 0.215. The molecule has 11 nitrogen and oxygen atoms in total. The van der Waals surface area contributed by atoms with Gasteiger partial charge in [0.05, 0.1) is 5.92 Å². The minimum Gasteiger partial charge on any atom is -0.459 e. The van der Waals surface area contributed by atoms with Gasteiger partial charge in [0.15, 0.2) is 29.2 Å². The summed E-state index contributed by atoms with van der Waals surface area (Å²) in [6, 6.07) is 0. The number of hydrogen-bond donors (Lipinski definition) is 2. The summed E-state index contributed by atoms with van der Waals surface area (Å²) in [7, 11) is 0. The lowest BCUT2D eigenvalue weighted by Gasteiger charge is -2.41. The summed E-state index contributed by atoms with van der Waals surface area (Å²) in [4.78, 5) is 64.2. The fourth-order valence-corrected chi connectivity index (χ4v) is 6.26. The van der Waals surface area contributed by atoms with Crippen molar-refractivity contribution in [3.05, 3.63) is 11.1 Å². The lowest BCUT2D eigenvalue weighted by atomic mass is 9.75. The third-order valence-electron chi connectivity index (χ3n) is 8.37. The minimum atomic E-state index is -2.55. The topological polar surface area (TPSA) is 163 Å². The molecule has 0 bridgehead atoms. The van der Waals surface area contributed by atoms with Crippen molar-refractivity contribution < 1.29 is 53.1 Å².